The first-order valence-electron chi connectivity index (χ1n) is 12.1. The van der Waals surface area contributed by atoms with Crippen LogP contribution in [0.1, 0.15) is 58.4 Å². The molecule has 0 radical (unpaired) electrons. The molecule has 1 aliphatic rings. The SMILES string of the molecule is CCc1nc(NCc2ccc(OC)cc2OC)cc(Nc2cc(C)c3n(c2=O)C(C)(C)NC3=O)c1C(=O)O. The third-order valence-electron chi connectivity index (χ3n) is 6.45. The molecule has 0 unspecified atom stereocenters. The highest BCUT2D eigenvalue weighted by Crippen LogP contribution is 2.30. The van der Waals surface area contributed by atoms with Gasteiger partial charge in [-0.2, -0.15) is 0 Å². The number of carbonyl (C=O) groups excluding carboxylic acids is 1. The van der Waals surface area contributed by atoms with Crippen LogP contribution in [0.2, 0.25) is 0 Å². The topological polar surface area (TPSA) is 144 Å². The zero-order valence-electron chi connectivity index (χ0n) is 22.2. The predicted octanol–water partition coefficient (Wildman–Crippen LogP) is 3.62. The molecule has 0 aliphatic carbocycles. The number of hydrogen-bond donors (Lipinski definition) is 4. The second-order valence-electron chi connectivity index (χ2n) is 9.44. The third kappa shape index (κ3) is 4.74. The molecule has 0 saturated carbocycles. The van der Waals surface area contributed by atoms with Gasteiger partial charge < -0.3 is 30.5 Å². The lowest BCUT2D eigenvalue weighted by Gasteiger charge is -2.23. The number of hydrogen-bond acceptors (Lipinski definition) is 8. The molecule has 0 bridgehead atoms. The Bertz CT molecular complexity index is 1490. The molecule has 1 aliphatic heterocycles. The number of aryl methyl sites for hydroxylation is 2. The first kappa shape index (κ1) is 26.5. The Kier molecular flexibility index (Phi) is 7.03. The average molecular weight is 522 g/mol. The van der Waals surface area contributed by atoms with Crippen LogP contribution < -0.4 is 31.0 Å². The molecule has 11 heteroatoms. The van der Waals surface area contributed by atoms with E-state index in [9.17, 15) is 19.5 Å². The van der Waals surface area contributed by atoms with Gasteiger partial charge in [0.05, 0.1) is 25.6 Å². The van der Waals surface area contributed by atoms with Crippen LogP contribution in [-0.2, 0) is 18.6 Å². The van der Waals surface area contributed by atoms with Crippen LogP contribution >= 0.6 is 0 Å². The fraction of sp³-hybridized carbons (Fsp3) is 0.333. The van der Waals surface area contributed by atoms with Gasteiger partial charge in [-0.05, 0) is 51.0 Å². The Hall–Kier alpha value is -4.54. The number of aromatic nitrogens is 2. The number of carboxylic acids is 1. The van der Waals surface area contributed by atoms with Gasteiger partial charge in [0.2, 0.25) is 0 Å². The smallest absolute Gasteiger partial charge is 0.339 e. The number of anilines is 3. The zero-order chi connectivity index (χ0) is 27.8. The maximum absolute atomic E-state index is 13.4. The van der Waals surface area contributed by atoms with Crippen LogP contribution in [0.15, 0.2) is 35.1 Å². The lowest BCUT2D eigenvalue weighted by Crippen LogP contribution is -2.42. The van der Waals surface area contributed by atoms with E-state index >= 15 is 0 Å². The van der Waals surface area contributed by atoms with Crippen LogP contribution in [-0.4, -0.2) is 40.8 Å². The van der Waals surface area contributed by atoms with E-state index in [1.807, 2.05) is 19.1 Å². The van der Waals surface area contributed by atoms with Crippen molar-refractivity contribution in [2.75, 3.05) is 24.9 Å². The van der Waals surface area contributed by atoms with E-state index in [0.717, 1.165) is 5.56 Å². The monoisotopic (exact) mass is 521 g/mol. The predicted molar refractivity (Wildman–Crippen MR) is 143 cm³/mol. The summed E-state index contributed by atoms with van der Waals surface area (Å²) in [7, 11) is 3.14. The number of methoxy groups -OCH3 is 2. The van der Waals surface area contributed by atoms with Crippen molar-refractivity contribution in [1.29, 1.82) is 0 Å². The summed E-state index contributed by atoms with van der Waals surface area (Å²) in [5.74, 6) is 0.198. The number of benzene rings is 1. The molecule has 0 spiro atoms. The number of carboxylic acid groups (broad SMARTS) is 1. The minimum Gasteiger partial charge on any atom is -0.497 e. The van der Waals surface area contributed by atoms with E-state index in [0.29, 0.717) is 41.5 Å². The van der Waals surface area contributed by atoms with Gasteiger partial charge >= 0.3 is 5.97 Å². The number of nitrogens with zero attached hydrogens (tertiary/aromatic N) is 2. The molecule has 4 N–H and O–H groups in total. The van der Waals surface area contributed by atoms with Crippen molar-refractivity contribution in [3.05, 3.63) is 68.8 Å². The first-order chi connectivity index (χ1) is 18.0. The number of nitrogens with one attached hydrogen (secondary N) is 3. The molecule has 2 aromatic heterocycles. The van der Waals surface area contributed by atoms with Gasteiger partial charge in [-0.15, -0.1) is 0 Å². The molecule has 1 amide bonds. The first-order valence-corrected chi connectivity index (χ1v) is 12.1. The summed E-state index contributed by atoms with van der Waals surface area (Å²) in [6.07, 6.45) is 0.353. The largest absolute Gasteiger partial charge is 0.497 e. The summed E-state index contributed by atoms with van der Waals surface area (Å²) in [5, 5.41) is 19.0. The van der Waals surface area contributed by atoms with E-state index in [2.05, 4.69) is 20.9 Å². The number of aromatic carboxylic acids is 1. The van der Waals surface area contributed by atoms with Crippen molar-refractivity contribution >= 4 is 29.1 Å². The number of fused-ring (bicyclic) bond motifs is 1. The van der Waals surface area contributed by atoms with Crippen molar-refractivity contribution in [3.8, 4) is 11.5 Å². The Balaban J connectivity index is 1.75. The van der Waals surface area contributed by atoms with Crippen LogP contribution in [0.3, 0.4) is 0 Å². The van der Waals surface area contributed by atoms with Gasteiger partial charge in [-0.1, -0.05) is 6.92 Å². The summed E-state index contributed by atoms with van der Waals surface area (Å²) in [6, 6.07) is 8.56. The minimum absolute atomic E-state index is 0.0314. The molecule has 38 heavy (non-hydrogen) atoms. The van der Waals surface area contributed by atoms with Crippen molar-refractivity contribution in [1.82, 2.24) is 14.9 Å². The quantitative estimate of drug-likeness (QED) is 0.332. The lowest BCUT2D eigenvalue weighted by molar-refractivity contribution is 0.0696. The summed E-state index contributed by atoms with van der Waals surface area (Å²) in [5.41, 5.74) is 1.01. The fourth-order valence-corrected chi connectivity index (χ4v) is 4.65. The van der Waals surface area contributed by atoms with Gasteiger partial charge in [0, 0.05) is 24.2 Å². The van der Waals surface area contributed by atoms with Crippen molar-refractivity contribution < 1.29 is 24.2 Å². The van der Waals surface area contributed by atoms with Crippen molar-refractivity contribution in [3.63, 3.8) is 0 Å². The van der Waals surface area contributed by atoms with Gasteiger partial charge in [0.15, 0.2) is 0 Å². The summed E-state index contributed by atoms with van der Waals surface area (Å²) in [4.78, 5) is 42.7. The van der Waals surface area contributed by atoms with E-state index in [1.165, 1.54) is 4.57 Å². The average Bonchev–Trinajstić information content (AvgIpc) is 3.13. The van der Waals surface area contributed by atoms with Crippen molar-refractivity contribution in [2.45, 2.75) is 46.3 Å². The van der Waals surface area contributed by atoms with Crippen LogP contribution in [0.5, 0.6) is 11.5 Å². The van der Waals surface area contributed by atoms with Crippen molar-refractivity contribution in [2.24, 2.45) is 0 Å². The van der Waals surface area contributed by atoms with E-state index < -0.39 is 17.2 Å². The number of rotatable bonds is 9. The van der Waals surface area contributed by atoms with Gasteiger partial charge in [-0.25, -0.2) is 9.78 Å². The summed E-state index contributed by atoms with van der Waals surface area (Å²) >= 11 is 0. The molecular weight excluding hydrogens is 490 g/mol. The maximum atomic E-state index is 13.4. The molecule has 0 saturated heterocycles. The number of pyridine rings is 2. The molecule has 0 atom stereocenters. The Morgan fingerprint density at radius 3 is 2.50 bits per heavy atom. The molecule has 11 nitrogen and oxygen atoms in total. The molecule has 1 aromatic carbocycles. The second-order valence-corrected chi connectivity index (χ2v) is 9.44. The summed E-state index contributed by atoms with van der Waals surface area (Å²) in [6.45, 7) is 7.34. The molecule has 4 rings (SSSR count). The zero-order valence-corrected chi connectivity index (χ0v) is 22.2. The van der Waals surface area contributed by atoms with E-state index in [4.69, 9.17) is 9.47 Å². The molecule has 3 heterocycles. The van der Waals surface area contributed by atoms with Gasteiger partial charge in [0.25, 0.3) is 11.5 Å². The van der Waals surface area contributed by atoms with E-state index in [1.54, 1.807) is 53.2 Å². The lowest BCUT2D eigenvalue weighted by atomic mass is 10.1. The third-order valence-corrected chi connectivity index (χ3v) is 6.45. The summed E-state index contributed by atoms with van der Waals surface area (Å²) < 4.78 is 12.1. The molecule has 0 fully saturated rings. The Morgan fingerprint density at radius 2 is 1.87 bits per heavy atom. The maximum Gasteiger partial charge on any atom is 0.339 e. The molecular formula is C27H31N5O6. The van der Waals surface area contributed by atoms with E-state index in [-0.39, 0.29) is 28.5 Å². The van der Waals surface area contributed by atoms with Crippen LogP contribution in [0.25, 0.3) is 0 Å². The highest BCUT2D eigenvalue weighted by atomic mass is 16.5. The Labute approximate surface area is 219 Å². The number of carbonyl (C=O) groups is 2. The highest BCUT2D eigenvalue weighted by Gasteiger charge is 2.37. The highest BCUT2D eigenvalue weighted by molar-refractivity contribution is 5.98. The fourth-order valence-electron chi connectivity index (χ4n) is 4.65. The normalized spacial score (nSPS) is 13.5. The van der Waals surface area contributed by atoms with Crippen LogP contribution in [0, 0.1) is 6.92 Å². The van der Waals surface area contributed by atoms with Gasteiger partial charge in [0.1, 0.15) is 39.9 Å². The number of ether oxygens (including phenoxy) is 2. The minimum atomic E-state index is -1.17. The molecule has 3 aromatic rings. The molecule has 200 valence electrons. The number of amides is 1. The standard InChI is InChI=1S/C27H31N5O6/c1-7-17-22(26(35)36)18(12-21(30-17)28-13-15-8-9-16(37-5)11-20(15)38-6)29-19-10-14(2)23-24(33)31-27(3,4)32(23)25(19)34/h8-12H,7,13H2,1-6H3,(H,31,33)(H,35,36)(H2,28,29,30). The van der Waals surface area contributed by atoms with Gasteiger partial charge in [-0.3, -0.25) is 14.2 Å². The Morgan fingerprint density at radius 1 is 1.13 bits per heavy atom. The second kappa shape index (κ2) is 10.1. The van der Waals surface area contributed by atoms with Crippen LogP contribution in [0.4, 0.5) is 17.2 Å².